The number of aromatic nitrogens is 1. The SMILES string of the molecule is Cc1ccc2c(n1)COP(=O)(Oc1ccc(C)c(C)c1)O2. The van der Waals surface area contributed by atoms with E-state index in [1.165, 1.54) is 0 Å². The summed E-state index contributed by atoms with van der Waals surface area (Å²) in [6.45, 7) is 5.95. The molecule has 0 bridgehead atoms. The monoisotopic (exact) mass is 305 g/mol. The molecule has 21 heavy (non-hydrogen) atoms. The minimum atomic E-state index is -3.66. The number of hydrogen-bond acceptors (Lipinski definition) is 5. The highest BCUT2D eigenvalue weighted by molar-refractivity contribution is 7.49. The third kappa shape index (κ3) is 2.94. The molecule has 1 aromatic heterocycles. The molecule has 0 spiro atoms. The zero-order valence-corrected chi connectivity index (χ0v) is 13.0. The maximum atomic E-state index is 12.6. The van der Waals surface area contributed by atoms with Crippen LogP contribution in [0.1, 0.15) is 22.5 Å². The molecule has 0 aliphatic carbocycles. The summed E-state index contributed by atoms with van der Waals surface area (Å²) < 4.78 is 28.7. The lowest BCUT2D eigenvalue weighted by Gasteiger charge is -2.24. The van der Waals surface area contributed by atoms with Crippen molar-refractivity contribution in [3.63, 3.8) is 0 Å². The number of phosphoric acid groups is 1. The summed E-state index contributed by atoms with van der Waals surface area (Å²) in [7, 11) is -3.66. The third-order valence-corrected chi connectivity index (χ3v) is 4.64. The number of phosphoric ester groups is 1. The van der Waals surface area contributed by atoms with Gasteiger partial charge in [0.1, 0.15) is 18.1 Å². The number of benzene rings is 1. The molecule has 110 valence electrons. The summed E-state index contributed by atoms with van der Waals surface area (Å²) in [4.78, 5) is 4.29. The van der Waals surface area contributed by atoms with E-state index in [9.17, 15) is 4.57 Å². The standard InChI is InChI=1S/C15H16NO4P/c1-10-4-6-13(8-11(10)2)19-21(17)18-9-14-15(20-21)7-5-12(3)16-14/h4-8H,9H2,1-3H3. The van der Waals surface area contributed by atoms with E-state index in [1.807, 2.05) is 32.9 Å². The van der Waals surface area contributed by atoms with E-state index >= 15 is 0 Å². The first-order valence-electron chi connectivity index (χ1n) is 6.63. The van der Waals surface area contributed by atoms with Gasteiger partial charge in [0.25, 0.3) is 0 Å². The summed E-state index contributed by atoms with van der Waals surface area (Å²) in [5.74, 6) is 0.906. The Labute approximate surface area is 123 Å². The molecule has 2 heterocycles. The molecule has 3 rings (SSSR count). The number of pyridine rings is 1. The van der Waals surface area contributed by atoms with Gasteiger partial charge in [-0.25, -0.2) is 4.57 Å². The molecule has 1 atom stereocenters. The maximum Gasteiger partial charge on any atom is 0.588 e. The second-order valence-corrected chi connectivity index (χ2v) is 6.56. The Morgan fingerprint density at radius 1 is 1.14 bits per heavy atom. The van der Waals surface area contributed by atoms with Crippen molar-refractivity contribution < 1.29 is 18.1 Å². The van der Waals surface area contributed by atoms with Crippen molar-refractivity contribution >= 4 is 7.82 Å². The van der Waals surface area contributed by atoms with Gasteiger partial charge in [-0.3, -0.25) is 9.51 Å². The molecule has 1 unspecified atom stereocenters. The second-order valence-electron chi connectivity index (χ2n) is 5.05. The zero-order valence-electron chi connectivity index (χ0n) is 12.1. The minimum Gasteiger partial charge on any atom is -0.395 e. The van der Waals surface area contributed by atoms with Crippen LogP contribution in [0.2, 0.25) is 0 Å². The minimum absolute atomic E-state index is 0.110. The molecular formula is C15H16NO4P. The number of aryl methyl sites for hydroxylation is 3. The van der Waals surface area contributed by atoms with Crippen LogP contribution in [0.3, 0.4) is 0 Å². The van der Waals surface area contributed by atoms with Crippen molar-refractivity contribution in [3.05, 3.63) is 52.8 Å². The van der Waals surface area contributed by atoms with Crippen molar-refractivity contribution in [2.45, 2.75) is 27.4 Å². The fourth-order valence-corrected chi connectivity index (χ4v) is 3.22. The van der Waals surface area contributed by atoms with E-state index < -0.39 is 7.82 Å². The number of hydrogen-bond donors (Lipinski definition) is 0. The fraction of sp³-hybridized carbons (Fsp3) is 0.267. The Bertz CT molecular complexity index is 744. The van der Waals surface area contributed by atoms with Gasteiger partial charge in [0.15, 0.2) is 5.75 Å². The number of fused-ring (bicyclic) bond motifs is 1. The van der Waals surface area contributed by atoms with Crippen molar-refractivity contribution in [1.29, 1.82) is 0 Å². The highest BCUT2D eigenvalue weighted by Crippen LogP contribution is 2.53. The number of rotatable bonds is 2. The Kier molecular flexibility index (Phi) is 3.47. The fourth-order valence-electron chi connectivity index (χ4n) is 2.02. The molecule has 0 N–H and O–H groups in total. The largest absolute Gasteiger partial charge is 0.588 e. The van der Waals surface area contributed by atoms with Gasteiger partial charge in [-0.2, -0.15) is 0 Å². The molecule has 0 saturated heterocycles. The van der Waals surface area contributed by atoms with Crippen molar-refractivity contribution in [3.8, 4) is 11.5 Å². The Hall–Kier alpha value is -1.84. The van der Waals surface area contributed by atoms with Crippen LogP contribution in [0, 0.1) is 20.8 Å². The summed E-state index contributed by atoms with van der Waals surface area (Å²) in [6, 6.07) is 8.99. The average molecular weight is 305 g/mol. The van der Waals surface area contributed by atoms with Crippen LogP contribution in [-0.4, -0.2) is 4.98 Å². The van der Waals surface area contributed by atoms with Crippen LogP contribution in [0.4, 0.5) is 0 Å². The summed E-state index contributed by atoms with van der Waals surface area (Å²) in [6.07, 6.45) is 0. The van der Waals surface area contributed by atoms with Crippen LogP contribution >= 0.6 is 7.82 Å². The van der Waals surface area contributed by atoms with Gasteiger partial charge in [-0.1, -0.05) is 6.07 Å². The maximum absolute atomic E-state index is 12.6. The summed E-state index contributed by atoms with van der Waals surface area (Å²) >= 11 is 0. The lowest BCUT2D eigenvalue weighted by molar-refractivity contribution is 0.178. The molecule has 1 aromatic carbocycles. The molecule has 6 heteroatoms. The molecule has 1 aliphatic rings. The van der Waals surface area contributed by atoms with E-state index in [2.05, 4.69) is 4.98 Å². The van der Waals surface area contributed by atoms with Crippen molar-refractivity contribution in [1.82, 2.24) is 4.98 Å². The van der Waals surface area contributed by atoms with E-state index in [0.717, 1.165) is 16.8 Å². The van der Waals surface area contributed by atoms with Gasteiger partial charge >= 0.3 is 7.82 Å². The van der Waals surface area contributed by atoms with Crippen molar-refractivity contribution in [2.75, 3.05) is 0 Å². The molecule has 0 amide bonds. The predicted octanol–water partition coefficient (Wildman–Crippen LogP) is 4.10. The average Bonchev–Trinajstić information content (AvgIpc) is 2.43. The Morgan fingerprint density at radius 2 is 1.95 bits per heavy atom. The van der Waals surface area contributed by atoms with Gasteiger partial charge in [0.05, 0.1) is 0 Å². The normalized spacial score (nSPS) is 20.5. The second kappa shape index (κ2) is 5.17. The first-order valence-corrected chi connectivity index (χ1v) is 8.09. The molecular weight excluding hydrogens is 289 g/mol. The highest BCUT2D eigenvalue weighted by Gasteiger charge is 2.36. The zero-order chi connectivity index (χ0) is 15.0. The van der Waals surface area contributed by atoms with Gasteiger partial charge < -0.3 is 9.05 Å². The molecule has 1 aliphatic heterocycles. The molecule has 2 aromatic rings. The first-order chi connectivity index (χ1) is 9.95. The van der Waals surface area contributed by atoms with E-state index in [1.54, 1.807) is 18.2 Å². The Morgan fingerprint density at radius 3 is 2.71 bits per heavy atom. The lowest BCUT2D eigenvalue weighted by Crippen LogP contribution is -2.13. The smallest absolute Gasteiger partial charge is 0.395 e. The molecule has 0 radical (unpaired) electrons. The van der Waals surface area contributed by atoms with Crippen LogP contribution in [-0.2, 0) is 15.7 Å². The Balaban J connectivity index is 1.84. The van der Waals surface area contributed by atoms with Gasteiger partial charge in [0.2, 0.25) is 0 Å². The van der Waals surface area contributed by atoms with Crippen LogP contribution < -0.4 is 9.05 Å². The van der Waals surface area contributed by atoms with Gasteiger partial charge in [-0.05, 0) is 56.2 Å². The van der Waals surface area contributed by atoms with Crippen LogP contribution in [0.15, 0.2) is 30.3 Å². The lowest BCUT2D eigenvalue weighted by atomic mass is 10.1. The summed E-state index contributed by atoms with van der Waals surface area (Å²) in [5, 5.41) is 0. The van der Waals surface area contributed by atoms with E-state index in [-0.39, 0.29) is 6.61 Å². The molecule has 0 saturated carbocycles. The number of nitrogens with zero attached hydrogens (tertiary/aromatic N) is 1. The van der Waals surface area contributed by atoms with Crippen LogP contribution in [0.25, 0.3) is 0 Å². The van der Waals surface area contributed by atoms with E-state index in [4.69, 9.17) is 13.6 Å². The van der Waals surface area contributed by atoms with Crippen LogP contribution in [0.5, 0.6) is 11.5 Å². The topological polar surface area (TPSA) is 57.7 Å². The van der Waals surface area contributed by atoms with Gasteiger partial charge in [0, 0.05) is 5.69 Å². The quantitative estimate of drug-likeness (QED) is 0.782. The van der Waals surface area contributed by atoms with Gasteiger partial charge in [-0.15, -0.1) is 0 Å². The first kappa shape index (κ1) is 14.1. The predicted molar refractivity (Wildman–Crippen MR) is 78.5 cm³/mol. The third-order valence-electron chi connectivity index (χ3n) is 3.34. The summed E-state index contributed by atoms with van der Waals surface area (Å²) in [5.41, 5.74) is 3.67. The van der Waals surface area contributed by atoms with E-state index in [0.29, 0.717) is 17.2 Å². The van der Waals surface area contributed by atoms with Crippen molar-refractivity contribution in [2.24, 2.45) is 0 Å². The molecule has 5 nitrogen and oxygen atoms in total. The highest BCUT2D eigenvalue weighted by atomic mass is 31.2. The molecule has 0 fully saturated rings.